The average Bonchev–Trinajstić information content (AvgIpc) is 2.43. The third-order valence-corrected chi connectivity index (χ3v) is 3.20. The molecule has 3 N–H and O–H groups in total. The highest BCUT2D eigenvalue weighted by Gasteiger charge is 2.17. The quantitative estimate of drug-likeness (QED) is 0.722. The largest absolute Gasteiger partial charge is 0.495 e. The number of carbonyl (C=O) groups is 2. The zero-order chi connectivity index (χ0) is 15.8. The summed E-state index contributed by atoms with van der Waals surface area (Å²) >= 11 is 5.95. The summed E-state index contributed by atoms with van der Waals surface area (Å²) in [5.41, 5.74) is 0.501. The highest BCUT2D eigenvalue weighted by Crippen LogP contribution is 2.27. The van der Waals surface area contributed by atoms with Crippen LogP contribution in [0.4, 0.5) is 10.5 Å². The molecular weight excluding hydrogens is 296 g/mol. The zero-order valence-electron chi connectivity index (χ0n) is 12.0. The molecule has 7 heteroatoms. The molecule has 0 aromatic heterocycles. The maximum absolute atomic E-state index is 11.7. The Morgan fingerprint density at radius 1 is 1.43 bits per heavy atom. The Bertz CT molecular complexity index is 508. The van der Waals surface area contributed by atoms with E-state index < -0.39 is 17.9 Å². The monoisotopic (exact) mass is 314 g/mol. The molecule has 21 heavy (non-hydrogen) atoms. The van der Waals surface area contributed by atoms with Gasteiger partial charge in [-0.1, -0.05) is 24.9 Å². The van der Waals surface area contributed by atoms with Crippen LogP contribution in [0.5, 0.6) is 5.75 Å². The predicted molar refractivity (Wildman–Crippen MR) is 81.1 cm³/mol. The van der Waals surface area contributed by atoms with Crippen molar-refractivity contribution in [2.75, 3.05) is 19.0 Å². The summed E-state index contributed by atoms with van der Waals surface area (Å²) in [6, 6.07) is 4.36. The lowest BCUT2D eigenvalue weighted by Gasteiger charge is -2.13. The van der Waals surface area contributed by atoms with Crippen molar-refractivity contribution in [2.24, 2.45) is 5.92 Å². The molecule has 0 saturated heterocycles. The van der Waals surface area contributed by atoms with Crippen LogP contribution in [0.2, 0.25) is 5.02 Å². The number of hydrogen-bond acceptors (Lipinski definition) is 3. The number of anilines is 1. The molecule has 0 aliphatic carbocycles. The second-order valence-corrected chi connectivity index (χ2v) is 4.92. The van der Waals surface area contributed by atoms with E-state index in [4.69, 9.17) is 21.4 Å². The summed E-state index contributed by atoms with van der Waals surface area (Å²) in [6.07, 6.45) is 1.26. The molecule has 0 spiro atoms. The number of hydrogen-bond donors (Lipinski definition) is 3. The van der Waals surface area contributed by atoms with E-state index in [0.717, 1.165) is 6.42 Å². The molecule has 0 aliphatic heterocycles. The smallest absolute Gasteiger partial charge is 0.319 e. The third-order valence-electron chi connectivity index (χ3n) is 2.91. The van der Waals surface area contributed by atoms with Crippen LogP contribution in [0.15, 0.2) is 18.2 Å². The number of amides is 2. The molecule has 0 fully saturated rings. The standard InChI is InChI=1S/C14H19ClN2O4/c1-3-4-9(13(18)19)8-16-14(20)17-10-5-6-12(21-2)11(15)7-10/h5-7,9H,3-4,8H2,1-2H3,(H,18,19)(H2,16,17,20). The van der Waals surface area contributed by atoms with Gasteiger partial charge in [0.05, 0.1) is 18.1 Å². The molecule has 1 atom stereocenters. The summed E-state index contributed by atoms with van der Waals surface area (Å²) in [5.74, 6) is -0.985. The lowest BCUT2D eigenvalue weighted by atomic mass is 10.0. The van der Waals surface area contributed by atoms with Crippen LogP contribution < -0.4 is 15.4 Å². The highest BCUT2D eigenvalue weighted by molar-refractivity contribution is 6.32. The minimum Gasteiger partial charge on any atom is -0.495 e. The van der Waals surface area contributed by atoms with E-state index in [-0.39, 0.29) is 6.54 Å². The lowest BCUT2D eigenvalue weighted by Crippen LogP contribution is -2.35. The van der Waals surface area contributed by atoms with Crippen LogP contribution in [0, 0.1) is 5.92 Å². The molecule has 2 amide bonds. The Balaban J connectivity index is 2.53. The minimum absolute atomic E-state index is 0.0822. The fourth-order valence-electron chi connectivity index (χ4n) is 1.80. The second kappa shape index (κ2) is 8.36. The summed E-state index contributed by atoms with van der Waals surface area (Å²) in [7, 11) is 1.50. The Kier molecular flexibility index (Phi) is 6.81. The molecular formula is C14H19ClN2O4. The van der Waals surface area contributed by atoms with Crippen LogP contribution in [0.3, 0.4) is 0 Å². The third kappa shape index (κ3) is 5.51. The fourth-order valence-corrected chi connectivity index (χ4v) is 2.05. The molecule has 1 aromatic rings. The molecule has 0 aliphatic rings. The molecule has 1 unspecified atom stereocenters. The van der Waals surface area contributed by atoms with Gasteiger partial charge in [-0.2, -0.15) is 0 Å². The van der Waals surface area contributed by atoms with Gasteiger partial charge in [-0.05, 0) is 24.6 Å². The van der Waals surface area contributed by atoms with E-state index >= 15 is 0 Å². The molecule has 116 valence electrons. The molecule has 0 heterocycles. The van der Waals surface area contributed by atoms with Gasteiger partial charge in [0, 0.05) is 12.2 Å². The Hall–Kier alpha value is -1.95. The number of benzene rings is 1. The number of carboxylic acid groups (broad SMARTS) is 1. The Morgan fingerprint density at radius 3 is 2.67 bits per heavy atom. The SMILES string of the molecule is CCCC(CNC(=O)Nc1ccc(OC)c(Cl)c1)C(=O)O. The van der Waals surface area contributed by atoms with Crippen LogP contribution in [0.1, 0.15) is 19.8 Å². The maximum Gasteiger partial charge on any atom is 0.319 e. The van der Waals surface area contributed by atoms with Gasteiger partial charge in [-0.15, -0.1) is 0 Å². The van der Waals surface area contributed by atoms with Gasteiger partial charge in [0.2, 0.25) is 0 Å². The molecule has 0 bridgehead atoms. The second-order valence-electron chi connectivity index (χ2n) is 4.51. The van der Waals surface area contributed by atoms with Crippen LogP contribution in [-0.2, 0) is 4.79 Å². The number of aliphatic carboxylic acids is 1. The first-order chi connectivity index (χ1) is 9.97. The van der Waals surface area contributed by atoms with Gasteiger partial charge in [0.25, 0.3) is 0 Å². The molecule has 6 nitrogen and oxygen atoms in total. The lowest BCUT2D eigenvalue weighted by molar-refractivity contribution is -0.141. The first-order valence-electron chi connectivity index (χ1n) is 6.59. The summed E-state index contributed by atoms with van der Waals surface area (Å²) in [6.45, 7) is 1.98. The van der Waals surface area contributed by atoms with Gasteiger partial charge in [-0.3, -0.25) is 4.79 Å². The number of nitrogens with one attached hydrogen (secondary N) is 2. The number of carbonyl (C=O) groups excluding carboxylic acids is 1. The van der Waals surface area contributed by atoms with Crippen molar-refractivity contribution in [3.8, 4) is 5.75 Å². The first kappa shape index (κ1) is 17.1. The van der Waals surface area contributed by atoms with Crippen LogP contribution in [0.25, 0.3) is 0 Å². The summed E-state index contributed by atoms with van der Waals surface area (Å²) < 4.78 is 5.01. The van der Waals surface area contributed by atoms with Crippen LogP contribution >= 0.6 is 11.6 Å². The van der Waals surface area contributed by atoms with Crippen molar-refractivity contribution in [3.05, 3.63) is 23.2 Å². The molecule has 1 aromatic carbocycles. The molecule has 0 radical (unpaired) electrons. The number of ether oxygens (including phenoxy) is 1. The number of methoxy groups -OCH3 is 1. The van der Waals surface area contributed by atoms with Crippen molar-refractivity contribution in [3.63, 3.8) is 0 Å². The Labute approximate surface area is 128 Å². The van der Waals surface area contributed by atoms with Crippen molar-refractivity contribution < 1.29 is 19.4 Å². The predicted octanol–water partition coefficient (Wildman–Crippen LogP) is 2.97. The van der Waals surface area contributed by atoms with Crippen molar-refractivity contribution in [1.29, 1.82) is 0 Å². The summed E-state index contributed by atoms with van der Waals surface area (Å²) in [5, 5.41) is 14.5. The zero-order valence-corrected chi connectivity index (χ0v) is 12.7. The van der Waals surface area contributed by atoms with E-state index in [0.29, 0.717) is 22.9 Å². The Morgan fingerprint density at radius 2 is 2.14 bits per heavy atom. The number of rotatable bonds is 7. The van der Waals surface area contributed by atoms with E-state index in [1.54, 1.807) is 18.2 Å². The van der Waals surface area contributed by atoms with E-state index in [2.05, 4.69) is 10.6 Å². The van der Waals surface area contributed by atoms with Gasteiger partial charge >= 0.3 is 12.0 Å². The van der Waals surface area contributed by atoms with E-state index in [9.17, 15) is 9.59 Å². The van der Waals surface area contributed by atoms with Gasteiger partial charge in [-0.25, -0.2) is 4.79 Å². The first-order valence-corrected chi connectivity index (χ1v) is 6.97. The van der Waals surface area contributed by atoms with Crippen LogP contribution in [-0.4, -0.2) is 30.8 Å². The topological polar surface area (TPSA) is 87.7 Å². The van der Waals surface area contributed by atoms with E-state index in [1.165, 1.54) is 7.11 Å². The fraction of sp³-hybridized carbons (Fsp3) is 0.429. The minimum atomic E-state index is -0.912. The molecule has 0 saturated carbocycles. The summed E-state index contributed by atoms with van der Waals surface area (Å²) in [4.78, 5) is 22.7. The highest BCUT2D eigenvalue weighted by atomic mass is 35.5. The number of halogens is 1. The maximum atomic E-state index is 11.7. The van der Waals surface area contributed by atoms with Crippen molar-refractivity contribution >= 4 is 29.3 Å². The average molecular weight is 315 g/mol. The van der Waals surface area contributed by atoms with Gasteiger partial charge in [0.15, 0.2) is 0 Å². The normalized spacial score (nSPS) is 11.6. The number of urea groups is 1. The van der Waals surface area contributed by atoms with Gasteiger partial charge < -0.3 is 20.5 Å². The van der Waals surface area contributed by atoms with Gasteiger partial charge in [0.1, 0.15) is 5.75 Å². The van der Waals surface area contributed by atoms with E-state index in [1.807, 2.05) is 6.92 Å². The number of carboxylic acids is 1. The van der Waals surface area contributed by atoms with Crippen molar-refractivity contribution in [2.45, 2.75) is 19.8 Å². The molecule has 1 rings (SSSR count). The van der Waals surface area contributed by atoms with Crippen molar-refractivity contribution in [1.82, 2.24) is 5.32 Å².